The van der Waals surface area contributed by atoms with Gasteiger partial charge in [-0.05, 0) is 83.8 Å². The Balaban J connectivity index is 1.52. The van der Waals surface area contributed by atoms with Gasteiger partial charge in [0.05, 0.1) is 6.20 Å². The molecule has 1 aromatic heterocycles. The van der Waals surface area contributed by atoms with E-state index in [2.05, 4.69) is 37.6 Å². The van der Waals surface area contributed by atoms with Crippen LogP contribution in [0.1, 0.15) is 45.1 Å². The summed E-state index contributed by atoms with van der Waals surface area (Å²) in [4.78, 5) is 16.1. The summed E-state index contributed by atoms with van der Waals surface area (Å²) in [6, 6.07) is 1.62. The number of ketones is 1. The monoisotopic (exact) mass is 375 g/mol. The molecule has 0 aromatic carbocycles. The van der Waals surface area contributed by atoms with Crippen molar-refractivity contribution in [3.05, 3.63) is 71.9 Å². The van der Waals surface area contributed by atoms with Crippen LogP contribution >= 0.6 is 0 Å². The lowest BCUT2D eigenvalue weighted by atomic mass is 9.47. The number of allylic oxidation sites excluding steroid dienone is 7. The average Bonchev–Trinajstić information content (AvgIpc) is 3.01. The van der Waals surface area contributed by atoms with Crippen LogP contribution in [0.25, 0.3) is 5.57 Å². The molecule has 0 saturated heterocycles. The summed E-state index contributed by atoms with van der Waals surface area (Å²) in [5.74, 6) is 1.37. The van der Waals surface area contributed by atoms with Gasteiger partial charge in [0.15, 0.2) is 5.78 Å². The highest BCUT2D eigenvalue weighted by Crippen LogP contribution is 2.66. The lowest BCUT2D eigenvalue weighted by Gasteiger charge is -2.57. The van der Waals surface area contributed by atoms with E-state index in [0.29, 0.717) is 17.8 Å². The molecule has 0 radical (unpaired) electrons. The van der Waals surface area contributed by atoms with Crippen LogP contribution in [0.15, 0.2) is 60.5 Å². The van der Waals surface area contributed by atoms with Crippen molar-refractivity contribution in [2.75, 3.05) is 0 Å². The van der Waals surface area contributed by atoms with Crippen molar-refractivity contribution >= 4 is 11.4 Å². The third-order valence-corrected chi connectivity index (χ3v) is 8.13. The van der Waals surface area contributed by atoms with Crippen LogP contribution in [0.3, 0.4) is 0 Å². The van der Waals surface area contributed by atoms with E-state index in [1.54, 1.807) is 18.3 Å². The lowest BCUT2D eigenvalue weighted by molar-refractivity contribution is -0.110. The summed E-state index contributed by atoms with van der Waals surface area (Å²) >= 11 is 0. The molecule has 144 valence electrons. The Bertz CT molecular complexity index is 986. The molecule has 3 unspecified atom stereocenters. The van der Waals surface area contributed by atoms with E-state index in [0.717, 1.165) is 42.4 Å². The first kappa shape index (κ1) is 17.8. The maximum Gasteiger partial charge on any atom is 0.178 e. The largest absolute Gasteiger partial charge is 0.290 e. The molecule has 2 saturated carbocycles. The summed E-state index contributed by atoms with van der Waals surface area (Å²) in [5, 5.41) is 0. The molecule has 28 heavy (non-hydrogen) atoms. The predicted molar refractivity (Wildman–Crippen MR) is 109 cm³/mol. The van der Waals surface area contributed by atoms with Gasteiger partial charge >= 0.3 is 0 Å². The normalized spacial score (nSPS) is 39.0. The Labute approximate surface area is 165 Å². The topological polar surface area (TPSA) is 30.0 Å². The third kappa shape index (κ3) is 2.31. The molecule has 5 atom stereocenters. The van der Waals surface area contributed by atoms with Crippen molar-refractivity contribution in [3.8, 4) is 0 Å². The van der Waals surface area contributed by atoms with Crippen LogP contribution < -0.4 is 0 Å². The summed E-state index contributed by atoms with van der Waals surface area (Å²) in [5.41, 5.74) is 4.39. The Morgan fingerprint density at radius 2 is 2.04 bits per heavy atom. The highest BCUT2D eigenvalue weighted by Gasteiger charge is 2.57. The molecule has 0 amide bonds. The second-order valence-electron chi connectivity index (χ2n) is 9.46. The van der Waals surface area contributed by atoms with Crippen molar-refractivity contribution in [1.29, 1.82) is 0 Å². The average molecular weight is 375 g/mol. The molecule has 0 aliphatic heterocycles. The van der Waals surface area contributed by atoms with E-state index >= 15 is 0 Å². The summed E-state index contributed by atoms with van der Waals surface area (Å²) in [7, 11) is 0. The number of aromatic nitrogens is 1. The Morgan fingerprint density at radius 1 is 1.21 bits per heavy atom. The van der Waals surface area contributed by atoms with Crippen molar-refractivity contribution in [1.82, 2.24) is 4.98 Å². The van der Waals surface area contributed by atoms with E-state index in [9.17, 15) is 9.18 Å². The van der Waals surface area contributed by atoms with Gasteiger partial charge in [0.25, 0.3) is 0 Å². The molecule has 0 N–H and O–H groups in total. The van der Waals surface area contributed by atoms with Crippen molar-refractivity contribution in [3.63, 3.8) is 0 Å². The number of carbonyl (C=O) groups excluding carboxylic acids is 1. The van der Waals surface area contributed by atoms with Crippen LogP contribution in [0.4, 0.5) is 4.39 Å². The van der Waals surface area contributed by atoms with Gasteiger partial charge in [0.2, 0.25) is 0 Å². The predicted octanol–water partition coefficient (Wildman–Crippen LogP) is 5.69. The number of fused-ring (bicyclic) bond motifs is 5. The minimum absolute atomic E-state index is 0.0443. The smallest absolute Gasteiger partial charge is 0.178 e. The lowest BCUT2D eigenvalue weighted by Crippen LogP contribution is -2.49. The Morgan fingerprint density at radius 3 is 2.82 bits per heavy atom. The molecule has 1 aromatic rings. The molecule has 0 bridgehead atoms. The van der Waals surface area contributed by atoms with Gasteiger partial charge in [-0.25, -0.2) is 4.39 Å². The van der Waals surface area contributed by atoms with Crippen molar-refractivity contribution < 1.29 is 9.18 Å². The first-order valence-electron chi connectivity index (χ1n) is 10.3. The fourth-order valence-electron chi connectivity index (χ4n) is 6.78. The minimum Gasteiger partial charge on any atom is -0.290 e. The molecule has 3 heteroatoms. The van der Waals surface area contributed by atoms with E-state index in [1.165, 1.54) is 11.8 Å². The maximum atomic E-state index is 13.8. The molecule has 4 aliphatic carbocycles. The Kier molecular flexibility index (Phi) is 3.72. The zero-order valence-corrected chi connectivity index (χ0v) is 16.5. The van der Waals surface area contributed by atoms with E-state index in [4.69, 9.17) is 0 Å². The summed E-state index contributed by atoms with van der Waals surface area (Å²) < 4.78 is 13.8. The number of pyridine rings is 1. The fourth-order valence-corrected chi connectivity index (χ4v) is 6.78. The van der Waals surface area contributed by atoms with Gasteiger partial charge in [-0.1, -0.05) is 38.2 Å². The van der Waals surface area contributed by atoms with E-state index < -0.39 is 0 Å². The van der Waals surface area contributed by atoms with Crippen LogP contribution in [0.2, 0.25) is 0 Å². The molecule has 4 aliphatic rings. The number of hydrogen-bond acceptors (Lipinski definition) is 2. The second-order valence-corrected chi connectivity index (χ2v) is 9.46. The molecule has 0 spiro atoms. The van der Waals surface area contributed by atoms with Crippen molar-refractivity contribution in [2.24, 2.45) is 28.6 Å². The first-order chi connectivity index (χ1) is 13.3. The molecular formula is C25H26FNO. The van der Waals surface area contributed by atoms with E-state index in [-0.39, 0.29) is 22.4 Å². The third-order valence-electron chi connectivity index (χ3n) is 8.13. The SMILES string of the molecule is C=C1CC2C(CC[C@]3(C)C(c4cncc(F)c4)=CCC23)[C@@]2(C)C=CC(=O)C=C12. The minimum atomic E-state index is -0.274. The van der Waals surface area contributed by atoms with Gasteiger partial charge < -0.3 is 0 Å². The van der Waals surface area contributed by atoms with Crippen LogP contribution in [0, 0.1) is 34.4 Å². The molecular weight excluding hydrogens is 349 g/mol. The molecule has 1 heterocycles. The number of hydrogen-bond donors (Lipinski definition) is 0. The van der Waals surface area contributed by atoms with Gasteiger partial charge in [-0.2, -0.15) is 0 Å². The Hall–Kier alpha value is -2.29. The quantitative estimate of drug-likeness (QED) is 0.631. The number of carbonyl (C=O) groups is 1. The van der Waals surface area contributed by atoms with E-state index in [1.807, 2.05) is 6.08 Å². The standard InChI is InChI=1S/C25H26FNO/c1-15-10-19-21-5-4-20(16-11-17(26)14-27-13-16)24(21,2)9-7-22(19)25(3)8-6-18(28)12-23(15)25/h4,6,8,11-14,19,21-22H,1,5,7,9-10H2,2-3H3/t19?,21?,22?,24-,25-/m1/s1. The maximum absolute atomic E-state index is 13.8. The second kappa shape index (κ2) is 5.85. The highest BCUT2D eigenvalue weighted by atomic mass is 19.1. The molecule has 5 rings (SSSR count). The number of rotatable bonds is 1. The van der Waals surface area contributed by atoms with Crippen molar-refractivity contribution in [2.45, 2.75) is 39.5 Å². The zero-order chi connectivity index (χ0) is 19.7. The molecule has 2 nitrogen and oxygen atoms in total. The zero-order valence-electron chi connectivity index (χ0n) is 16.5. The van der Waals surface area contributed by atoms with Crippen LogP contribution in [-0.2, 0) is 4.79 Å². The highest BCUT2D eigenvalue weighted by molar-refractivity contribution is 6.01. The number of halogens is 1. The summed E-state index contributed by atoms with van der Waals surface area (Å²) in [6.07, 6.45) is 15.2. The first-order valence-corrected chi connectivity index (χ1v) is 10.3. The fraction of sp³-hybridized carbons (Fsp3) is 0.440. The van der Waals surface area contributed by atoms with Crippen LogP contribution in [0.5, 0.6) is 0 Å². The van der Waals surface area contributed by atoms with Gasteiger partial charge in [-0.3, -0.25) is 9.78 Å². The van der Waals surface area contributed by atoms with Gasteiger partial charge in [-0.15, -0.1) is 0 Å². The van der Waals surface area contributed by atoms with Gasteiger partial charge in [0, 0.05) is 11.6 Å². The molecule has 2 fully saturated rings. The van der Waals surface area contributed by atoms with Crippen LogP contribution in [-0.4, -0.2) is 10.8 Å². The summed E-state index contributed by atoms with van der Waals surface area (Å²) in [6.45, 7) is 9.00. The van der Waals surface area contributed by atoms with Gasteiger partial charge in [0.1, 0.15) is 5.82 Å². The number of nitrogens with zero attached hydrogens (tertiary/aromatic N) is 1.